The highest BCUT2D eigenvalue weighted by Crippen LogP contribution is 2.57. The third kappa shape index (κ3) is 1.39. The molecule has 0 saturated carbocycles. The Bertz CT molecular complexity index is 278. The molecule has 2 aliphatic rings. The fourth-order valence-corrected chi connectivity index (χ4v) is 2.75. The van der Waals surface area contributed by atoms with Gasteiger partial charge in [-0.05, 0) is 13.3 Å². The Morgan fingerprint density at radius 2 is 2.33 bits per heavy atom. The molecular formula is C11H18O4. The van der Waals surface area contributed by atoms with Crippen LogP contribution in [0.15, 0.2) is 0 Å². The van der Waals surface area contributed by atoms with Crippen molar-refractivity contribution in [1.29, 1.82) is 0 Å². The first-order valence-corrected chi connectivity index (χ1v) is 5.50. The number of carbonyl (C=O) groups is 1. The molecule has 2 aliphatic heterocycles. The average Bonchev–Trinajstić information content (AvgIpc) is 2.85. The molecule has 0 aromatic heterocycles. The van der Waals surface area contributed by atoms with E-state index in [1.54, 1.807) is 0 Å². The summed E-state index contributed by atoms with van der Waals surface area (Å²) in [7, 11) is 1.41. The van der Waals surface area contributed by atoms with Crippen LogP contribution >= 0.6 is 0 Å². The predicted molar refractivity (Wildman–Crippen MR) is 53.5 cm³/mol. The highest BCUT2D eigenvalue weighted by atomic mass is 16.7. The van der Waals surface area contributed by atoms with Crippen LogP contribution < -0.4 is 0 Å². The van der Waals surface area contributed by atoms with Crippen molar-refractivity contribution >= 4 is 5.97 Å². The molecule has 0 bridgehead atoms. The van der Waals surface area contributed by atoms with E-state index in [1.165, 1.54) is 7.11 Å². The lowest BCUT2D eigenvalue weighted by Crippen LogP contribution is -2.40. The van der Waals surface area contributed by atoms with Crippen LogP contribution in [0.3, 0.4) is 0 Å². The molecule has 4 nitrogen and oxygen atoms in total. The molecule has 3 atom stereocenters. The van der Waals surface area contributed by atoms with Crippen LogP contribution in [0.25, 0.3) is 0 Å². The lowest BCUT2D eigenvalue weighted by atomic mass is 9.82. The maximum Gasteiger partial charge on any atom is 0.341 e. The summed E-state index contributed by atoms with van der Waals surface area (Å²) in [6.07, 6.45) is 2.42. The van der Waals surface area contributed by atoms with Crippen molar-refractivity contribution in [3.63, 3.8) is 0 Å². The van der Waals surface area contributed by atoms with Crippen molar-refractivity contribution in [3.05, 3.63) is 0 Å². The summed E-state index contributed by atoms with van der Waals surface area (Å²) in [6, 6.07) is 0. The van der Waals surface area contributed by atoms with E-state index in [2.05, 4.69) is 0 Å². The van der Waals surface area contributed by atoms with Gasteiger partial charge in [-0.25, -0.2) is 4.79 Å². The first-order chi connectivity index (χ1) is 7.10. The summed E-state index contributed by atoms with van der Waals surface area (Å²) in [4.78, 5) is 11.7. The predicted octanol–water partition coefficient (Wildman–Crippen LogP) is 1.28. The van der Waals surface area contributed by atoms with Crippen LogP contribution in [0.1, 0.15) is 33.1 Å². The molecule has 0 aromatic rings. The van der Waals surface area contributed by atoms with Crippen molar-refractivity contribution in [2.75, 3.05) is 13.7 Å². The van der Waals surface area contributed by atoms with Crippen molar-refractivity contribution in [1.82, 2.24) is 0 Å². The van der Waals surface area contributed by atoms with Crippen LogP contribution in [0.2, 0.25) is 0 Å². The molecule has 2 saturated heterocycles. The summed E-state index contributed by atoms with van der Waals surface area (Å²) in [5.74, 6) is -0.237. The monoisotopic (exact) mass is 214 g/mol. The number of carbonyl (C=O) groups excluding carboxylic acids is 1. The molecule has 3 unspecified atom stereocenters. The zero-order chi connectivity index (χ0) is 11.1. The molecule has 0 amide bonds. The molecule has 2 heterocycles. The van der Waals surface area contributed by atoms with Gasteiger partial charge in [-0.1, -0.05) is 6.92 Å². The minimum absolute atomic E-state index is 0.164. The second-order valence-electron chi connectivity index (χ2n) is 4.40. The molecule has 0 N–H and O–H groups in total. The quantitative estimate of drug-likeness (QED) is 0.513. The Kier molecular flexibility index (Phi) is 2.51. The van der Waals surface area contributed by atoms with Crippen LogP contribution in [-0.2, 0) is 19.0 Å². The number of hydrogen-bond donors (Lipinski definition) is 0. The number of epoxide rings is 1. The van der Waals surface area contributed by atoms with Gasteiger partial charge in [0.25, 0.3) is 0 Å². The molecule has 4 heteroatoms. The summed E-state index contributed by atoms with van der Waals surface area (Å²) in [5.41, 5.74) is -1.01. The molecule has 0 radical (unpaired) electrons. The second kappa shape index (κ2) is 3.46. The van der Waals surface area contributed by atoms with Gasteiger partial charge in [0.05, 0.1) is 13.2 Å². The molecular weight excluding hydrogens is 196 g/mol. The maximum absolute atomic E-state index is 11.7. The number of esters is 1. The van der Waals surface area contributed by atoms with E-state index >= 15 is 0 Å². The fourth-order valence-electron chi connectivity index (χ4n) is 2.75. The summed E-state index contributed by atoms with van der Waals surface area (Å²) in [6.45, 7) is 4.64. The summed E-state index contributed by atoms with van der Waals surface area (Å²) in [5, 5.41) is 0. The second-order valence-corrected chi connectivity index (χ2v) is 4.40. The number of hydrogen-bond acceptors (Lipinski definition) is 4. The third-order valence-electron chi connectivity index (χ3n) is 3.60. The zero-order valence-corrected chi connectivity index (χ0v) is 9.54. The van der Waals surface area contributed by atoms with E-state index in [0.717, 1.165) is 12.8 Å². The molecule has 86 valence electrons. The lowest BCUT2D eigenvalue weighted by Gasteiger charge is -2.27. The van der Waals surface area contributed by atoms with E-state index in [0.29, 0.717) is 13.0 Å². The number of rotatable bonds is 2. The largest absolute Gasteiger partial charge is 0.467 e. The van der Waals surface area contributed by atoms with Crippen molar-refractivity contribution in [2.45, 2.75) is 50.4 Å². The summed E-state index contributed by atoms with van der Waals surface area (Å²) < 4.78 is 16.0. The van der Waals surface area contributed by atoms with Gasteiger partial charge in [0.15, 0.2) is 5.60 Å². The molecule has 0 aromatic carbocycles. The highest BCUT2D eigenvalue weighted by Gasteiger charge is 2.74. The normalized spacial score (nSPS) is 44.1. The average molecular weight is 214 g/mol. The molecule has 2 fully saturated rings. The van der Waals surface area contributed by atoms with Gasteiger partial charge in [0.1, 0.15) is 5.60 Å². The summed E-state index contributed by atoms with van der Waals surface area (Å²) >= 11 is 0. The van der Waals surface area contributed by atoms with Crippen LogP contribution in [0, 0.1) is 0 Å². The highest BCUT2D eigenvalue weighted by molar-refractivity contribution is 5.84. The van der Waals surface area contributed by atoms with Crippen LogP contribution in [-0.4, -0.2) is 37.0 Å². The molecule has 2 rings (SSSR count). The Labute approximate surface area is 89.9 Å². The Hall–Kier alpha value is -0.610. The van der Waals surface area contributed by atoms with Gasteiger partial charge in [-0.2, -0.15) is 0 Å². The van der Waals surface area contributed by atoms with E-state index < -0.39 is 5.60 Å². The van der Waals surface area contributed by atoms with Crippen molar-refractivity contribution < 1.29 is 19.0 Å². The zero-order valence-electron chi connectivity index (χ0n) is 9.54. The van der Waals surface area contributed by atoms with Gasteiger partial charge >= 0.3 is 5.97 Å². The molecule has 1 spiro atoms. The smallest absolute Gasteiger partial charge is 0.341 e. The fraction of sp³-hybridized carbons (Fsp3) is 0.909. The standard InChI is InChI=1S/C11H18O4/c1-4-11(9(12)13-3)10(15-11)5-6-14-8(2)7-10/h8H,4-7H2,1-3H3. The third-order valence-corrected chi connectivity index (χ3v) is 3.60. The van der Waals surface area contributed by atoms with E-state index in [9.17, 15) is 4.79 Å². The maximum atomic E-state index is 11.7. The van der Waals surface area contributed by atoms with E-state index in [1.807, 2.05) is 13.8 Å². The minimum atomic E-state index is -0.695. The SMILES string of the molecule is CCC1(C(=O)OC)OC12CCOC(C)C2. The molecule has 0 aliphatic carbocycles. The van der Waals surface area contributed by atoms with Gasteiger partial charge in [-0.15, -0.1) is 0 Å². The number of ether oxygens (including phenoxy) is 3. The number of methoxy groups -OCH3 is 1. The van der Waals surface area contributed by atoms with Gasteiger partial charge in [-0.3, -0.25) is 0 Å². The first-order valence-electron chi connectivity index (χ1n) is 5.50. The van der Waals surface area contributed by atoms with Crippen LogP contribution in [0.4, 0.5) is 0 Å². The van der Waals surface area contributed by atoms with Gasteiger partial charge in [0.2, 0.25) is 0 Å². The topological polar surface area (TPSA) is 48.1 Å². The van der Waals surface area contributed by atoms with Gasteiger partial charge < -0.3 is 14.2 Å². The van der Waals surface area contributed by atoms with Crippen LogP contribution in [0.5, 0.6) is 0 Å². The van der Waals surface area contributed by atoms with E-state index in [-0.39, 0.29) is 17.7 Å². The minimum Gasteiger partial charge on any atom is -0.467 e. The Morgan fingerprint density at radius 3 is 2.87 bits per heavy atom. The Balaban J connectivity index is 2.16. The van der Waals surface area contributed by atoms with E-state index in [4.69, 9.17) is 14.2 Å². The van der Waals surface area contributed by atoms with Gasteiger partial charge in [0, 0.05) is 19.4 Å². The first kappa shape index (κ1) is 10.9. The Morgan fingerprint density at radius 1 is 1.60 bits per heavy atom. The van der Waals surface area contributed by atoms with Crippen molar-refractivity contribution in [3.8, 4) is 0 Å². The van der Waals surface area contributed by atoms with Crippen molar-refractivity contribution in [2.24, 2.45) is 0 Å². The lowest BCUT2D eigenvalue weighted by molar-refractivity contribution is -0.147. The molecule has 15 heavy (non-hydrogen) atoms.